The van der Waals surface area contributed by atoms with Gasteiger partial charge in [0.2, 0.25) is 0 Å². The van der Waals surface area contributed by atoms with Crippen LogP contribution >= 0.6 is 0 Å². The minimum atomic E-state index is -0.878. The van der Waals surface area contributed by atoms with Crippen LogP contribution in [0.3, 0.4) is 0 Å². The number of rotatable bonds is 7. The molecule has 0 unspecified atom stereocenters. The zero-order chi connectivity index (χ0) is 24.5. The van der Waals surface area contributed by atoms with Crippen molar-refractivity contribution in [2.24, 2.45) is 5.10 Å². The number of carbonyl (C=O) groups is 3. The minimum Gasteiger partial charge on any atom is -0.484 e. The fourth-order valence-corrected chi connectivity index (χ4v) is 2.98. The van der Waals surface area contributed by atoms with Crippen molar-refractivity contribution in [3.05, 3.63) is 89.0 Å². The monoisotopic (exact) mass is 458 g/mol. The standard InChI is InChI=1S/C26H26N4O4/c1-17-8-6-10-23(19(17)3)29-25(32)26(33)30-27-15-20-11-13-21(14-12-20)34-16-24(31)28-22-9-5-4-7-18(22)2/h4-15H,16H2,1-3H3,(H,28,31)(H,29,32)(H,30,33)/b27-15-. The van der Waals surface area contributed by atoms with E-state index in [1.54, 1.807) is 36.4 Å². The lowest BCUT2D eigenvalue weighted by Crippen LogP contribution is -2.32. The van der Waals surface area contributed by atoms with Crippen LogP contribution in [0.15, 0.2) is 71.8 Å². The third kappa shape index (κ3) is 6.77. The number of nitrogens with zero attached hydrogens (tertiary/aromatic N) is 1. The summed E-state index contributed by atoms with van der Waals surface area (Å²) in [5.74, 6) is -1.44. The normalized spacial score (nSPS) is 10.6. The van der Waals surface area contributed by atoms with Crippen molar-refractivity contribution in [3.63, 3.8) is 0 Å². The number of hydrogen-bond donors (Lipinski definition) is 3. The van der Waals surface area contributed by atoms with E-state index in [9.17, 15) is 14.4 Å². The van der Waals surface area contributed by atoms with Crippen molar-refractivity contribution in [2.75, 3.05) is 17.2 Å². The molecular weight excluding hydrogens is 432 g/mol. The largest absolute Gasteiger partial charge is 0.484 e. The van der Waals surface area contributed by atoms with Gasteiger partial charge in [-0.3, -0.25) is 14.4 Å². The van der Waals surface area contributed by atoms with Gasteiger partial charge in [0.1, 0.15) is 5.75 Å². The van der Waals surface area contributed by atoms with Crippen LogP contribution in [0.4, 0.5) is 11.4 Å². The number of ether oxygens (including phenoxy) is 1. The molecule has 0 aromatic heterocycles. The number of hydrogen-bond acceptors (Lipinski definition) is 5. The predicted molar refractivity (Wildman–Crippen MR) is 132 cm³/mol. The Labute approximate surface area is 198 Å². The van der Waals surface area contributed by atoms with E-state index in [0.717, 1.165) is 22.4 Å². The van der Waals surface area contributed by atoms with Crippen LogP contribution in [0.2, 0.25) is 0 Å². The molecule has 0 saturated heterocycles. The molecule has 0 spiro atoms. The van der Waals surface area contributed by atoms with E-state index in [0.29, 0.717) is 17.0 Å². The molecule has 3 rings (SSSR count). The predicted octanol–water partition coefficient (Wildman–Crippen LogP) is 3.72. The molecule has 3 amide bonds. The zero-order valence-electron chi connectivity index (χ0n) is 19.2. The van der Waals surface area contributed by atoms with Crippen molar-refractivity contribution in [1.82, 2.24) is 5.43 Å². The highest BCUT2D eigenvalue weighted by atomic mass is 16.5. The van der Waals surface area contributed by atoms with Crippen LogP contribution in [-0.4, -0.2) is 30.5 Å². The molecule has 0 heterocycles. The first kappa shape index (κ1) is 24.2. The third-order valence-corrected chi connectivity index (χ3v) is 5.11. The smallest absolute Gasteiger partial charge is 0.329 e. The Hall–Kier alpha value is -4.46. The average Bonchev–Trinajstić information content (AvgIpc) is 2.83. The zero-order valence-corrected chi connectivity index (χ0v) is 19.2. The first-order valence-electron chi connectivity index (χ1n) is 10.6. The topological polar surface area (TPSA) is 109 Å². The lowest BCUT2D eigenvalue weighted by Gasteiger charge is -2.09. The van der Waals surface area contributed by atoms with Gasteiger partial charge < -0.3 is 15.4 Å². The van der Waals surface area contributed by atoms with Gasteiger partial charge in [0.25, 0.3) is 5.91 Å². The highest BCUT2D eigenvalue weighted by Crippen LogP contribution is 2.18. The quantitative estimate of drug-likeness (QED) is 0.285. The highest BCUT2D eigenvalue weighted by molar-refractivity contribution is 6.39. The number of amides is 3. The molecule has 8 nitrogen and oxygen atoms in total. The maximum Gasteiger partial charge on any atom is 0.329 e. The van der Waals surface area contributed by atoms with Crippen LogP contribution in [-0.2, 0) is 14.4 Å². The van der Waals surface area contributed by atoms with Crippen LogP contribution in [0, 0.1) is 20.8 Å². The van der Waals surface area contributed by atoms with Gasteiger partial charge in [-0.1, -0.05) is 30.3 Å². The number of aryl methyl sites for hydroxylation is 2. The van der Waals surface area contributed by atoms with Gasteiger partial charge >= 0.3 is 11.8 Å². The summed E-state index contributed by atoms with van der Waals surface area (Å²) < 4.78 is 5.50. The van der Waals surface area contributed by atoms with E-state index in [1.165, 1.54) is 6.21 Å². The van der Waals surface area contributed by atoms with E-state index >= 15 is 0 Å². The molecule has 34 heavy (non-hydrogen) atoms. The van der Waals surface area contributed by atoms with Crippen molar-refractivity contribution in [1.29, 1.82) is 0 Å². The number of nitrogens with one attached hydrogen (secondary N) is 3. The lowest BCUT2D eigenvalue weighted by molar-refractivity contribution is -0.136. The molecule has 0 aliphatic heterocycles. The van der Waals surface area contributed by atoms with Crippen molar-refractivity contribution in [2.45, 2.75) is 20.8 Å². The molecule has 0 aliphatic carbocycles. The second kappa shape index (κ2) is 11.4. The van der Waals surface area contributed by atoms with E-state index in [-0.39, 0.29) is 12.5 Å². The van der Waals surface area contributed by atoms with Crippen LogP contribution < -0.4 is 20.8 Å². The molecule has 3 N–H and O–H groups in total. The maximum absolute atomic E-state index is 12.1. The maximum atomic E-state index is 12.1. The highest BCUT2D eigenvalue weighted by Gasteiger charge is 2.14. The van der Waals surface area contributed by atoms with Crippen LogP contribution in [0.25, 0.3) is 0 Å². The van der Waals surface area contributed by atoms with Gasteiger partial charge in [0.05, 0.1) is 6.21 Å². The van der Waals surface area contributed by atoms with Crippen LogP contribution in [0.5, 0.6) is 5.75 Å². The fraction of sp³-hybridized carbons (Fsp3) is 0.154. The molecule has 3 aromatic rings. The summed E-state index contributed by atoms with van der Waals surface area (Å²) in [7, 11) is 0. The Morgan fingerprint density at radius 3 is 2.21 bits per heavy atom. The molecule has 0 radical (unpaired) electrons. The summed E-state index contributed by atoms with van der Waals surface area (Å²) in [5, 5.41) is 9.19. The van der Waals surface area contributed by atoms with Crippen molar-refractivity contribution < 1.29 is 19.1 Å². The molecular formula is C26H26N4O4. The summed E-state index contributed by atoms with van der Waals surface area (Å²) in [5.41, 5.74) is 7.06. The van der Waals surface area contributed by atoms with Crippen LogP contribution in [0.1, 0.15) is 22.3 Å². The number of hydrazone groups is 1. The molecule has 0 aliphatic rings. The van der Waals surface area contributed by atoms with Gasteiger partial charge in [-0.15, -0.1) is 0 Å². The van der Waals surface area contributed by atoms with Crippen molar-refractivity contribution >= 4 is 35.3 Å². The summed E-state index contributed by atoms with van der Waals surface area (Å²) in [4.78, 5) is 36.2. The van der Waals surface area contributed by atoms with E-state index < -0.39 is 11.8 Å². The second-order valence-corrected chi connectivity index (χ2v) is 7.62. The number of carbonyl (C=O) groups excluding carboxylic acids is 3. The van der Waals surface area contributed by atoms with Crippen molar-refractivity contribution in [3.8, 4) is 5.75 Å². The second-order valence-electron chi connectivity index (χ2n) is 7.62. The van der Waals surface area contributed by atoms with Gasteiger partial charge in [-0.25, -0.2) is 5.43 Å². The SMILES string of the molecule is Cc1ccccc1NC(=O)COc1ccc(/C=N\NC(=O)C(=O)Nc2cccc(C)c2C)cc1. The first-order chi connectivity index (χ1) is 16.3. The summed E-state index contributed by atoms with van der Waals surface area (Å²) in [6, 6.07) is 19.7. The number of para-hydroxylation sites is 1. The third-order valence-electron chi connectivity index (χ3n) is 5.11. The average molecular weight is 459 g/mol. The fourth-order valence-electron chi connectivity index (χ4n) is 2.98. The Morgan fingerprint density at radius 1 is 0.794 bits per heavy atom. The molecule has 0 fully saturated rings. The van der Waals surface area contributed by atoms with E-state index in [4.69, 9.17) is 4.74 Å². The number of benzene rings is 3. The number of anilines is 2. The Kier molecular flexibility index (Phi) is 8.12. The van der Waals surface area contributed by atoms with Gasteiger partial charge in [-0.05, 0) is 79.4 Å². The Morgan fingerprint density at radius 2 is 1.47 bits per heavy atom. The molecule has 3 aromatic carbocycles. The molecule has 174 valence electrons. The molecule has 0 saturated carbocycles. The molecule has 0 atom stereocenters. The summed E-state index contributed by atoms with van der Waals surface area (Å²) in [6.07, 6.45) is 1.40. The van der Waals surface area contributed by atoms with E-state index in [2.05, 4.69) is 21.2 Å². The lowest BCUT2D eigenvalue weighted by atomic mass is 10.1. The molecule has 8 heteroatoms. The summed E-state index contributed by atoms with van der Waals surface area (Å²) in [6.45, 7) is 5.57. The minimum absolute atomic E-state index is 0.132. The Balaban J connectivity index is 1.45. The van der Waals surface area contributed by atoms with Gasteiger partial charge in [0, 0.05) is 11.4 Å². The van der Waals surface area contributed by atoms with Gasteiger partial charge in [-0.2, -0.15) is 5.10 Å². The first-order valence-corrected chi connectivity index (χ1v) is 10.6. The van der Waals surface area contributed by atoms with Gasteiger partial charge in [0.15, 0.2) is 6.61 Å². The Bertz CT molecular complexity index is 1220. The van der Waals surface area contributed by atoms with E-state index in [1.807, 2.05) is 51.1 Å². The summed E-state index contributed by atoms with van der Waals surface area (Å²) >= 11 is 0. The molecule has 0 bridgehead atoms.